The molecule has 0 radical (unpaired) electrons. The molecule has 4 rings (SSSR count). The molecule has 3 heterocycles. The summed E-state index contributed by atoms with van der Waals surface area (Å²) in [6.45, 7) is 7.85. The maximum Gasteiger partial charge on any atom is 0.366 e. The van der Waals surface area contributed by atoms with Crippen LogP contribution in [0.15, 0.2) is 48.5 Å². The first-order chi connectivity index (χ1) is 24.3. The second-order valence-electron chi connectivity index (χ2n) is 12.8. The number of hydrogen-bond acceptors (Lipinski definition) is 6. The minimum atomic E-state index is -4.37. The Morgan fingerprint density at radius 1 is 0.580 bits per heavy atom. The van der Waals surface area contributed by atoms with Crippen molar-refractivity contribution in [2.24, 2.45) is 0 Å². The largest absolute Gasteiger partial charge is 0.493 e. The van der Waals surface area contributed by atoms with Gasteiger partial charge in [0, 0.05) is 37.1 Å². The van der Waals surface area contributed by atoms with Crippen LogP contribution >= 0.6 is 41.6 Å². The van der Waals surface area contributed by atoms with E-state index in [9.17, 15) is 14.4 Å². The highest BCUT2D eigenvalue weighted by Crippen LogP contribution is 2.47. The third kappa shape index (κ3) is 13.0. The van der Waals surface area contributed by atoms with Crippen molar-refractivity contribution < 1.29 is 23.8 Å². The van der Waals surface area contributed by atoms with E-state index < -0.39 is 7.60 Å². The Hall–Kier alpha value is -2.37. The van der Waals surface area contributed by atoms with Gasteiger partial charge in [0.25, 0.3) is 0 Å². The van der Waals surface area contributed by atoms with Crippen LogP contribution in [0, 0.1) is 11.8 Å². The molecule has 0 saturated heterocycles. The maximum absolute atomic E-state index is 12.1. The fraction of sp³-hybridized carbons (Fsp3) is 0.512. The minimum absolute atomic E-state index is 0.0502. The van der Waals surface area contributed by atoms with E-state index in [0.29, 0.717) is 19.0 Å². The van der Waals surface area contributed by atoms with E-state index in [1.54, 1.807) is 28.7 Å². The molecule has 1 aromatic carbocycles. The van der Waals surface area contributed by atoms with Crippen LogP contribution in [0.25, 0.3) is 30.6 Å². The van der Waals surface area contributed by atoms with E-state index >= 15 is 0 Å². The molecule has 50 heavy (non-hydrogen) atoms. The van der Waals surface area contributed by atoms with Gasteiger partial charge in [0.1, 0.15) is 16.1 Å². The molecule has 2 N–H and O–H groups in total. The van der Waals surface area contributed by atoms with E-state index in [2.05, 4.69) is 62.9 Å². The predicted octanol–water partition coefficient (Wildman–Crippen LogP) is 13.1. The molecule has 5 nitrogen and oxygen atoms in total. The van der Waals surface area contributed by atoms with Crippen molar-refractivity contribution in [3.05, 3.63) is 53.4 Å². The lowest BCUT2D eigenvalue weighted by molar-refractivity contribution is 0.299. The summed E-state index contributed by atoms with van der Waals surface area (Å²) in [5.74, 6) is 8.24. The number of benzene rings is 1. The van der Waals surface area contributed by atoms with Gasteiger partial charge in [-0.1, -0.05) is 110 Å². The molecule has 272 valence electrons. The van der Waals surface area contributed by atoms with Crippen molar-refractivity contribution in [1.29, 1.82) is 0 Å². The summed E-state index contributed by atoms with van der Waals surface area (Å²) in [6, 6.07) is 16.0. The average Bonchev–Trinajstić information content (AvgIpc) is 3.89. The first-order valence-corrected chi connectivity index (χ1v) is 22.7. The summed E-state index contributed by atoms with van der Waals surface area (Å²) < 4.78 is 25.1. The summed E-state index contributed by atoms with van der Waals surface area (Å²) in [5, 5.41) is 0. The molecule has 9 heteroatoms. The number of ether oxygens (including phenoxy) is 2. The molecule has 0 bridgehead atoms. The zero-order valence-electron chi connectivity index (χ0n) is 30.1. The number of thiophene rings is 3. The SMILES string of the molecule is CCCCCCCCC#Cc1ccc(-c2ccc(-c3cc(OCCCCCC)c(-c4ccc(P(=O)(O)O)s4)cc3OCCCCCCC)s2)s1. The van der Waals surface area contributed by atoms with E-state index in [1.165, 1.54) is 73.6 Å². The lowest BCUT2D eigenvalue weighted by Crippen LogP contribution is -2.02. The van der Waals surface area contributed by atoms with Crippen LogP contribution in [0.1, 0.15) is 128 Å². The van der Waals surface area contributed by atoms with Crippen LogP contribution in [0.4, 0.5) is 0 Å². The lowest BCUT2D eigenvalue weighted by atomic mass is 10.1. The van der Waals surface area contributed by atoms with Crippen molar-refractivity contribution in [1.82, 2.24) is 0 Å². The van der Waals surface area contributed by atoms with Gasteiger partial charge in [-0.25, -0.2) is 0 Å². The molecule has 0 saturated carbocycles. The molecule has 0 aliphatic carbocycles. The van der Waals surface area contributed by atoms with Gasteiger partial charge in [-0.15, -0.1) is 34.0 Å². The van der Waals surface area contributed by atoms with Crippen LogP contribution in [0.5, 0.6) is 11.5 Å². The Morgan fingerprint density at radius 3 is 1.66 bits per heavy atom. The Balaban J connectivity index is 1.60. The van der Waals surface area contributed by atoms with Gasteiger partial charge in [0.2, 0.25) is 0 Å². The van der Waals surface area contributed by atoms with Crippen LogP contribution in [0.2, 0.25) is 0 Å². The van der Waals surface area contributed by atoms with Crippen LogP contribution in [-0.2, 0) is 4.57 Å². The van der Waals surface area contributed by atoms with Crippen molar-refractivity contribution in [2.75, 3.05) is 13.2 Å². The van der Waals surface area contributed by atoms with Gasteiger partial charge < -0.3 is 19.3 Å². The van der Waals surface area contributed by atoms with Gasteiger partial charge in [0.15, 0.2) is 0 Å². The number of rotatable bonds is 23. The highest BCUT2D eigenvalue weighted by atomic mass is 32.1. The molecular formula is C41H55O5PS3. The summed E-state index contributed by atoms with van der Waals surface area (Å²) in [4.78, 5) is 25.0. The van der Waals surface area contributed by atoms with Gasteiger partial charge >= 0.3 is 7.60 Å². The molecule has 0 spiro atoms. The highest BCUT2D eigenvalue weighted by Gasteiger charge is 2.23. The van der Waals surface area contributed by atoms with E-state index in [-0.39, 0.29) is 4.62 Å². The van der Waals surface area contributed by atoms with Crippen LogP contribution in [-0.4, -0.2) is 23.0 Å². The fourth-order valence-corrected chi connectivity index (χ4v) is 9.51. The van der Waals surface area contributed by atoms with Gasteiger partial charge in [-0.2, -0.15) is 0 Å². The quantitative estimate of drug-likeness (QED) is 0.0448. The smallest absolute Gasteiger partial charge is 0.366 e. The molecule has 0 fully saturated rings. The third-order valence-corrected chi connectivity index (χ3v) is 13.5. The average molecular weight is 755 g/mol. The Bertz CT molecular complexity index is 1680. The first kappa shape index (κ1) is 40.4. The second-order valence-corrected chi connectivity index (χ2v) is 18.0. The number of unbranched alkanes of at least 4 members (excludes halogenated alkanes) is 13. The van der Waals surface area contributed by atoms with Crippen molar-refractivity contribution in [3.63, 3.8) is 0 Å². The monoisotopic (exact) mass is 754 g/mol. The Labute approximate surface area is 312 Å². The van der Waals surface area contributed by atoms with Crippen LogP contribution < -0.4 is 14.1 Å². The maximum atomic E-state index is 12.1. The number of hydrogen-bond donors (Lipinski definition) is 2. The summed E-state index contributed by atoms with van der Waals surface area (Å²) in [7, 11) is -4.37. The van der Waals surface area contributed by atoms with E-state index in [0.717, 1.165) is 87.8 Å². The molecule has 0 amide bonds. The van der Waals surface area contributed by atoms with Crippen molar-refractivity contribution >= 4 is 46.2 Å². The summed E-state index contributed by atoms with van der Waals surface area (Å²) in [6.07, 6.45) is 18.7. The molecular weight excluding hydrogens is 700 g/mol. The first-order valence-electron chi connectivity index (χ1n) is 18.6. The zero-order valence-corrected chi connectivity index (χ0v) is 33.5. The molecule has 0 aliphatic heterocycles. The van der Waals surface area contributed by atoms with Crippen molar-refractivity contribution in [3.8, 4) is 54.0 Å². The predicted molar refractivity (Wildman–Crippen MR) is 217 cm³/mol. The Morgan fingerprint density at radius 2 is 1.06 bits per heavy atom. The fourth-order valence-electron chi connectivity index (χ4n) is 5.71. The molecule has 4 aromatic rings. The molecule has 0 unspecified atom stereocenters. The van der Waals surface area contributed by atoms with Gasteiger partial charge in [-0.05, 0) is 67.8 Å². The topological polar surface area (TPSA) is 76.0 Å². The summed E-state index contributed by atoms with van der Waals surface area (Å²) in [5.41, 5.74) is 1.78. The normalized spacial score (nSPS) is 11.5. The minimum Gasteiger partial charge on any atom is -0.493 e. The third-order valence-electron chi connectivity index (χ3n) is 8.57. The molecule has 3 aromatic heterocycles. The molecule has 0 aliphatic rings. The second kappa shape index (κ2) is 21.9. The molecule has 0 atom stereocenters. The lowest BCUT2D eigenvalue weighted by Gasteiger charge is -2.17. The van der Waals surface area contributed by atoms with E-state index in [1.807, 2.05) is 6.07 Å². The standard InChI is InChI=1S/C41H55O5PS3/c1-4-7-10-13-14-15-16-18-21-32-22-23-39(48-32)40-25-24-37(49-40)33-30-36(45-28-19-12-9-6-3)34(38-26-27-41(50-38)47(42,43)44)31-35(33)46-29-20-17-11-8-5-2/h22-27,30-31H,4-17,19-20,28-29H2,1-3H3,(H2,42,43,44). The van der Waals surface area contributed by atoms with Gasteiger partial charge in [-0.3, -0.25) is 4.57 Å². The van der Waals surface area contributed by atoms with E-state index in [4.69, 9.17) is 9.47 Å². The zero-order chi connectivity index (χ0) is 35.6. The van der Waals surface area contributed by atoms with Crippen LogP contribution in [0.3, 0.4) is 0 Å². The highest BCUT2D eigenvalue weighted by molar-refractivity contribution is 7.67. The van der Waals surface area contributed by atoms with Gasteiger partial charge in [0.05, 0.1) is 18.1 Å². The van der Waals surface area contributed by atoms with Crippen molar-refractivity contribution in [2.45, 2.75) is 124 Å². The summed E-state index contributed by atoms with van der Waals surface area (Å²) >= 11 is 4.59. The Kier molecular flexibility index (Phi) is 17.7.